The van der Waals surface area contributed by atoms with Crippen molar-refractivity contribution in [3.63, 3.8) is 0 Å². The third kappa shape index (κ3) is 4.76. The molecule has 0 heterocycles. The maximum Gasteiger partial charge on any atom is 0.265 e. The summed E-state index contributed by atoms with van der Waals surface area (Å²) in [5, 5.41) is 2.79. The molecule has 1 N–H and O–H groups in total. The number of hydrogen-bond donors (Lipinski definition) is 1. The summed E-state index contributed by atoms with van der Waals surface area (Å²) in [5.41, 5.74) is 1.82. The molecule has 0 bridgehead atoms. The number of anilines is 1. The van der Waals surface area contributed by atoms with Crippen LogP contribution in [0.2, 0.25) is 0 Å². The van der Waals surface area contributed by atoms with E-state index in [4.69, 9.17) is 9.47 Å². The summed E-state index contributed by atoms with van der Waals surface area (Å²) in [7, 11) is 1.57. The fraction of sp³-hybridized carbons (Fsp3) is 0.130. The fourth-order valence-electron chi connectivity index (χ4n) is 2.64. The number of benzene rings is 3. The molecule has 3 rings (SSSR count). The smallest absolute Gasteiger partial charge is 0.265 e. The van der Waals surface area contributed by atoms with Crippen LogP contribution in [0.15, 0.2) is 78.9 Å². The normalized spacial score (nSPS) is 11.4. The summed E-state index contributed by atoms with van der Waals surface area (Å²) in [4.78, 5) is 24.8. The molecule has 0 spiro atoms. The van der Waals surface area contributed by atoms with Gasteiger partial charge in [0.15, 0.2) is 11.9 Å². The van der Waals surface area contributed by atoms with Crippen LogP contribution in [0.3, 0.4) is 0 Å². The van der Waals surface area contributed by atoms with Crippen LogP contribution >= 0.6 is 0 Å². The molecule has 0 aromatic heterocycles. The molecule has 1 amide bonds. The Morgan fingerprint density at radius 1 is 0.821 bits per heavy atom. The van der Waals surface area contributed by atoms with Gasteiger partial charge in [0, 0.05) is 22.9 Å². The van der Waals surface area contributed by atoms with E-state index in [0.29, 0.717) is 28.3 Å². The molecule has 5 nitrogen and oxygen atoms in total. The Labute approximate surface area is 163 Å². The van der Waals surface area contributed by atoms with Crippen LogP contribution in [0.5, 0.6) is 11.5 Å². The summed E-state index contributed by atoms with van der Waals surface area (Å²) >= 11 is 0. The Bertz CT molecular complexity index is 952. The zero-order chi connectivity index (χ0) is 19.9. The lowest BCUT2D eigenvalue weighted by atomic mass is 10.0. The SMILES string of the molecule is COc1cccc(NC(=O)[C@@H](C)Oc2ccc(C(=O)c3ccccc3)cc2)c1. The molecule has 0 unspecified atom stereocenters. The first-order valence-corrected chi connectivity index (χ1v) is 8.88. The maximum atomic E-state index is 12.4. The van der Waals surface area contributed by atoms with E-state index in [1.54, 1.807) is 74.7 Å². The Morgan fingerprint density at radius 2 is 1.50 bits per heavy atom. The molecule has 0 saturated carbocycles. The van der Waals surface area contributed by atoms with Gasteiger partial charge in [-0.15, -0.1) is 0 Å². The highest BCUT2D eigenvalue weighted by Crippen LogP contribution is 2.19. The van der Waals surface area contributed by atoms with E-state index in [2.05, 4.69) is 5.32 Å². The van der Waals surface area contributed by atoms with Gasteiger partial charge in [-0.2, -0.15) is 0 Å². The molecule has 3 aromatic carbocycles. The van der Waals surface area contributed by atoms with E-state index in [1.165, 1.54) is 0 Å². The van der Waals surface area contributed by atoms with E-state index >= 15 is 0 Å². The quantitative estimate of drug-likeness (QED) is 0.624. The maximum absolute atomic E-state index is 12.4. The number of rotatable bonds is 7. The molecule has 0 saturated heterocycles. The van der Waals surface area contributed by atoms with Gasteiger partial charge in [0.25, 0.3) is 5.91 Å². The van der Waals surface area contributed by atoms with Crippen molar-refractivity contribution in [1.82, 2.24) is 0 Å². The predicted octanol–water partition coefficient (Wildman–Crippen LogP) is 4.33. The largest absolute Gasteiger partial charge is 0.497 e. The van der Waals surface area contributed by atoms with E-state index < -0.39 is 6.10 Å². The first-order valence-electron chi connectivity index (χ1n) is 8.88. The molecule has 0 aliphatic rings. The molecular formula is C23H21NO4. The van der Waals surface area contributed by atoms with Gasteiger partial charge >= 0.3 is 0 Å². The van der Waals surface area contributed by atoms with Gasteiger partial charge in [0.1, 0.15) is 11.5 Å². The van der Waals surface area contributed by atoms with Gasteiger partial charge in [-0.25, -0.2) is 0 Å². The highest BCUT2D eigenvalue weighted by atomic mass is 16.5. The summed E-state index contributed by atoms with van der Waals surface area (Å²) in [6.45, 7) is 1.67. The lowest BCUT2D eigenvalue weighted by molar-refractivity contribution is -0.122. The standard InChI is InChI=1S/C23H21NO4/c1-16(23(26)24-19-9-6-10-21(15-19)27-2)28-20-13-11-18(12-14-20)22(25)17-7-4-3-5-8-17/h3-16H,1-2H3,(H,24,26)/t16-/m1/s1. The zero-order valence-electron chi connectivity index (χ0n) is 15.7. The summed E-state index contributed by atoms with van der Waals surface area (Å²) in [5.74, 6) is 0.830. The Hall–Kier alpha value is -3.60. The van der Waals surface area contributed by atoms with E-state index in [1.807, 2.05) is 18.2 Å². The van der Waals surface area contributed by atoms with Crippen molar-refractivity contribution in [1.29, 1.82) is 0 Å². The minimum Gasteiger partial charge on any atom is -0.497 e. The summed E-state index contributed by atoms with van der Waals surface area (Å²) < 4.78 is 10.8. The van der Waals surface area contributed by atoms with Gasteiger partial charge in [0.2, 0.25) is 0 Å². The topological polar surface area (TPSA) is 64.6 Å². The van der Waals surface area contributed by atoms with E-state index in [0.717, 1.165) is 0 Å². The van der Waals surface area contributed by atoms with Crippen LogP contribution in [0.1, 0.15) is 22.8 Å². The number of ether oxygens (including phenoxy) is 2. The third-order valence-electron chi connectivity index (χ3n) is 4.17. The second-order valence-corrected chi connectivity index (χ2v) is 6.20. The molecule has 0 aliphatic heterocycles. The van der Waals surface area contributed by atoms with Gasteiger partial charge < -0.3 is 14.8 Å². The Kier molecular flexibility index (Phi) is 6.07. The molecule has 142 valence electrons. The first-order chi connectivity index (χ1) is 13.6. The molecule has 1 atom stereocenters. The molecular weight excluding hydrogens is 354 g/mol. The van der Waals surface area contributed by atoms with Crippen LogP contribution in [0.25, 0.3) is 0 Å². The minimum atomic E-state index is -0.707. The summed E-state index contributed by atoms with van der Waals surface area (Å²) in [6.07, 6.45) is -0.707. The predicted molar refractivity (Wildman–Crippen MR) is 108 cm³/mol. The van der Waals surface area contributed by atoms with E-state index in [9.17, 15) is 9.59 Å². The monoisotopic (exact) mass is 375 g/mol. The van der Waals surface area contributed by atoms with Crippen molar-refractivity contribution < 1.29 is 19.1 Å². The number of methoxy groups -OCH3 is 1. The fourth-order valence-corrected chi connectivity index (χ4v) is 2.64. The van der Waals surface area contributed by atoms with Gasteiger partial charge in [0.05, 0.1) is 7.11 Å². The molecule has 5 heteroatoms. The number of amides is 1. The highest BCUT2D eigenvalue weighted by molar-refractivity contribution is 6.09. The second-order valence-electron chi connectivity index (χ2n) is 6.20. The number of carbonyl (C=O) groups excluding carboxylic acids is 2. The highest BCUT2D eigenvalue weighted by Gasteiger charge is 2.16. The lowest BCUT2D eigenvalue weighted by Crippen LogP contribution is -2.30. The van der Waals surface area contributed by atoms with Crippen LogP contribution < -0.4 is 14.8 Å². The Morgan fingerprint density at radius 3 is 2.18 bits per heavy atom. The van der Waals surface area contributed by atoms with Crippen LogP contribution in [-0.4, -0.2) is 24.9 Å². The van der Waals surface area contributed by atoms with Crippen molar-refractivity contribution in [2.24, 2.45) is 0 Å². The molecule has 0 aliphatic carbocycles. The van der Waals surface area contributed by atoms with Gasteiger partial charge in [-0.3, -0.25) is 9.59 Å². The second kappa shape index (κ2) is 8.86. The number of carbonyl (C=O) groups is 2. The van der Waals surface area contributed by atoms with E-state index in [-0.39, 0.29) is 11.7 Å². The Balaban J connectivity index is 1.61. The average molecular weight is 375 g/mol. The molecule has 0 radical (unpaired) electrons. The molecule has 3 aromatic rings. The average Bonchev–Trinajstić information content (AvgIpc) is 2.74. The van der Waals surface area contributed by atoms with Crippen molar-refractivity contribution in [2.75, 3.05) is 12.4 Å². The number of nitrogens with one attached hydrogen (secondary N) is 1. The van der Waals surface area contributed by atoms with Gasteiger partial charge in [-0.05, 0) is 43.3 Å². The lowest BCUT2D eigenvalue weighted by Gasteiger charge is -2.15. The van der Waals surface area contributed by atoms with Crippen molar-refractivity contribution in [3.05, 3.63) is 90.0 Å². The minimum absolute atomic E-state index is 0.0593. The number of hydrogen-bond acceptors (Lipinski definition) is 4. The van der Waals surface area contributed by atoms with Gasteiger partial charge in [-0.1, -0.05) is 36.4 Å². The number of ketones is 1. The van der Waals surface area contributed by atoms with Crippen LogP contribution in [-0.2, 0) is 4.79 Å². The third-order valence-corrected chi connectivity index (χ3v) is 4.17. The summed E-state index contributed by atoms with van der Waals surface area (Å²) in [6, 6.07) is 22.9. The zero-order valence-corrected chi connectivity index (χ0v) is 15.7. The van der Waals surface area contributed by atoms with Crippen molar-refractivity contribution >= 4 is 17.4 Å². The van der Waals surface area contributed by atoms with Crippen molar-refractivity contribution in [2.45, 2.75) is 13.0 Å². The molecule has 28 heavy (non-hydrogen) atoms. The van der Waals surface area contributed by atoms with Crippen LogP contribution in [0, 0.1) is 0 Å². The van der Waals surface area contributed by atoms with Crippen molar-refractivity contribution in [3.8, 4) is 11.5 Å². The van der Waals surface area contributed by atoms with Crippen LogP contribution in [0.4, 0.5) is 5.69 Å². The molecule has 0 fully saturated rings. The first kappa shape index (κ1) is 19.2.